The zero-order valence-corrected chi connectivity index (χ0v) is 11.1. The number of aromatic carboxylic acids is 1. The predicted octanol–water partition coefficient (Wildman–Crippen LogP) is 3.04. The molecule has 0 aliphatic heterocycles. The van der Waals surface area contributed by atoms with Crippen molar-refractivity contribution in [2.75, 3.05) is 14.2 Å². The van der Waals surface area contributed by atoms with E-state index in [4.69, 9.17) is 9.47 Å². The second-order valence-corrected chi connectivity index (χ2v) is 4.44. The zero-order valence-electron chi connectivity index (χ0n) is 11.1. The minimum Gasteiger partial charge on any atom is -0.497 e. The number of nitrogens with one attached hydrogen (secondary N) is 1. The van der Waals surface area contributed by atoms with Gasteiger partial charge < -0.3 is 19.6 Å². The van der Waals surface area contributed by atoms with Crippen LogP contribution in [0, 0.1) is 0 Å². The minimum absolute atomic E-state index is 0.150. The van der Waals surface area contributed by atoms with E-state index in [9.17, 15) is 9.90 Å². The Morgan fingerprint density at radius 1 is 1.05 bits per heavy atom. The fourth-order valence-corrected chi connectivity index (χ4v) is 2.38. The van der Waals surface area contributed by atoms with E-state index in [1.165, 1.54) is 7.11 Å². The molecule has 20 heavy (non-hydrogen) atoms. The summed E-state index contributed by atoms with van der Waals surface area (Å²) in [6.07, 6.45) is 0. The minimum atomic E-state index is -1.01. The Bertz CT molecular complexity index is 819. The standard InChI is InChI=1S/C15H13NO4/c1-19-8-3-4-9-10-6-11(15(17)18)14(20-2)7-13(10)16-12(9)5-8/h3-7,16H,1-2H3,(H,17,18). The van der Waals surface area contributed by atoms with Gasteiger partial charge in [0.05, 0.1) is 25.3 Å². The van der Waals surface area contributed by atoms with E-state index in [2.05, 4.69) is 4.98 Å². The molecule has 0 saturated carbocycles. The van der Waals surface area contributed by atoms with Gasteiger partial charge in [0.2, 0.25) is 0 Å². The monoisotopic (exact) mass is 271 g/mol. The average molecular weight is 271 g/mol. The molecule has 102 valence electrons. The summed E-state index contributed by atoms with van der Waals surface area (Å²) < 4.78 is 10.3. The third-order valence-corrected chi connectivity index (χ3v) is 3.36. The van der Waals surface area contributed by atoms with Crippen molar-refractivity contribution in [2.24, 2.45) is 0 Å². The topological polar surface area (TPSA) is 71.5 Å². The number of benzene rings is 2. The Morgan fingerprint density at radius 2 is 1.80 bits per heavy atom. The van der Waals surface area contributed by atoms with Crippen molar-refractivity contribution in [1.29, 1.82) is 0 Å². The molecule has 0 atom stereocenters. The van der Waals surface area contributed by atoms with Gasteiger partial charge in [-0.1, -0.05) is 0 Å². The van der Waals surface area contributed by atoms with Crippen molar-refractivity contribution in [3.8, 4) is 11.5 Å². The first-order valence-electron chi connectivity index (χ1n) is 6.05. The number of fused-ring (bicyclic) bond motifs is 3. The average Bonchev–Trinajstić information content (AvgIpc) is 2.81. The number of H-pyrrole nitrogens is 1. The highest BCUT2D eigenvalue weighted by molar-refractivity contribution is 6.10. The highest BCUT2D eigenvalue weighted by Crippen LogP contribution is 2.32. The Balaban J connectivity index is 2.36. The number of carboxylic acid groups (broad SMARTS) is 1. The van der Waals surface area contributed by atoms with Crippen LogP contribution in [0.25, 0.3) is 21.8 Å². The van der Waals surface area contributed by atoms with Crippen molar-refractivity contribution >= 4 is 27.8 Å². The molecule has 0 radical (unpaired) electrons. The van der Waals surface area contributed by atoms with Gasteiger partial charge >= 0.3 is 5.97 Å². The third-order valence-electron chi connectivity index (χ3n) is 3.36. The number of carboxylic acids is 1. The lowest BCUT2D eigenvalue weighted by Gasteiger charge is -2.04. The first-order chi connectivity index (χ1) is 9.63. The van der Waals surface area contributed by atoms with Crippen molar-refractivity contribution in [3.05, 3.63) is 35.9 Å². The number of methoxy groups -OCH3 is 2. The summed E-state index contributed by atoms with van der Waals surface area (Å²) in [6.45, 7) is 0. The highest BCUT2D eigenvalue weighted by atomic mass is 16.5. The van der Waals surface area contributed by atoms with Gasteiger partial charge in [0.25, 0.3) is 0 Å². The smallest absolute Gasteiger partial charge is 0.339 e. The molecule has 0 spiro atoms. The van der Waals surface area contributed by atoms with Crippen LogP contribution in [0.15, 0.2) is 30.3 Å². The van der Waals surface area contributed by atoms with Gasteiger partial charge in [-0.25, -0.2) is 4.79 Å². The lowest BCUT2D eigenvalue weighted by Crippen LogP contribution is -2.00. The summed E-state index contributed by atoms with van der Waals surface area (Å²) in [5, 5.41) is 11.0. The first kappa shape index (κ1) is 12.3. The van der Waals surface area contributed by atoms with E-state index in [1.54, 1.807) is 19.2 Å². The Morgan fingerprint density at radius 3 is 2.45 bits per heavy atom. The van der Waals surface area contributed by atoms with Crippen LogP contribution in [0.4, 0.5) is 0 Å². The molecule has 3 aromatic rings. The first-order valence-corrected chi connectivity index (χ1v) is 6.05. The number of carbonyl (C=O) groups is 1. The maximum atomic E-state index is 11.3. The maximum Gasteiger partial charge on any atom is 0.339 e. The molecule has 0 aliphatic rings. The second kappa shape index (κ2) is 4.45. The third kappa shape index (κ3) is 1.75. The number of aromatic nitrogens is 1. The van der Waals surface area contributed by atoms with Gasteiger partial charge in [-0.15, -0.1) is 0 Å². The van der Waals surface area contributed by atoms with Crippen molar-refractivity contribution in [3.63, 3.8) is 0 Å². The molecule has 1 aromatic heterocycles. The van der Waals surface area contributed by atoms with Gasteiger partial charge in [-0.3, -0.25) is 0 Å². The van der Waals surface area contributed by atoms with Crippen LogP contribution in [-0.4, -0.2) is 30.3 Å². The molecule has 2 aromatic carbocycles. The second-order valence-electron chi connectivity index (χ2n) is 4.44. The molecule has 0 unspecified atom stereocenters. The van der Waals surface area contributed by atoms with Crippen LogP contribution < -0.4 is 9.47 Å². The van der Waals surface area contributed by atoms with Crippen molar-refractivity contribution in [1.82, 2.24) is 4.98 Å². The van der Waals surface area contributed by atoms with Gasteiger partial charge in [0.1, 0.15) is 17.1 Å². The van der Waals surface area contributed by atoms with Gasteiger partial charge in [0, 0.05) is 22.9 Å². The summed E-state index contributed by atoms with van der Waals surface area (Å²) in [4.78, 5) is 14.5. The van der Waals surface area contributed by atoms with E-state index in [0.29, 0.717) is 5.75 Å². The summed E-state index contributed by atoms with van der Waals surface area (Å²) in [5.41, 5.74) is 1.87. The number of ether oxygens (including phenoxy) is 2. The maximum absolute atomic E-state index is 11.3. The molecule has 1 heterocycles. The number of hydrogen-bond acceptors (Lipinski definition) is 3. The van der Waals surface area contributed by atoms with Crippen LogP contribution in [0.3, 0.4) is 0 Å². The summed E-state index contributed by atoms with van der Waals surface area (Å²) >= 11 is 0. The van der Waals surface area contributed by atoms with Crippen LogP contribution in [0.1, 0.15) is 10.4 Å². The molecule has 5 nitrogen and oxygen atoms in total. The molecule has 5 heteroatoms. The largest absolute Gasteiger partial charge is 0.497 e. The van der Waals surface area contributed by atoms with E-state index in [0.717, 1.165) is 27.6 Å². The van der Waals surface area contributed by atoms with Gasteiger partial charge in [-0.2, -0.15) is 0 Å². The van der Waals surface area contributed by atoms with Crippen molar-refractivity contribution in [2.45, 2.75) is 0 Å². The molecule has 0 saturated heterocycles. The summed E-state index contributed by atoms with van der Waals surface area (Å²) in [7, 11) is 3.06. The SMILES string of the molecule is COc1ccc2c(c1)[nH]c1cc(OC)c(C(=O)O)cc12. The molecule has 0 fully saturated rings. The van der Waals surface area contributed by atoms with Crippen LogP contribution >= 0.6 is 0 Å². The molecule has 0 bridgehead atoms. The summed E-state index contributed by atoms with van der Waals surface area (Å²) in [6, 6.07) is 8.96. The van der Waals surface area contributed by atoms with Gasteiger partial charge in [0.15, 0.2) is 0 Å². The zero-order chi connectivity index (χ0) is 14.3. The molecular weight excluding hydrogens is 258 g/mol. The van der Waals surface area contributed by atoms with E-state index < -0.39 is 5.97 Å². The lowest BCUT2D eigenvalue weighted by atomic mass is 10.1. The fourth-order valence-electron chi connectivity index (χ4n) is 2.38. The van der Waals surface area contributed by atoms with E-state index in [-0.39, 0.29) is 5.56 Å². The number of hydrogen-bond donors (Lipinski definition) is 2. The summed E-state index contributed by atoms with van der Waals surface area (Å²) in [5.74, 6) is 0.0737. The lowest BCUT2D eigenvalue weighted by molar-refractivity contribution is 0.0693. The predicted molar refractivity (Wildman–Crippen MR) is 75.9 cm³/mol. The van der Waals surface area contributed by atoms with Crippen molar-refractivity contribution < 1.29 is 19.4 Å². The van der Waals surface area contributed by atoms with Gasteiger partial charge in [-0.05, 0) is 18.2 Å². The van der Waals surface area contributed by atoms with Crippen LogP contribution in [-0.2, 0) is 0 Å². The Hall–Kier alpha value is -2.69. The van der Waals surface area contributed by atoms with E-state index in [1.807, 2.05) is 18.2 Å². The number of rotatable bonds is 3. The molecule has 0 amide bonds. The molecule has 2 N–H and O–H groups in total. The Kier molecular flexibility index (Phi) is 2.75. The van der Waals surface area contributed by atoms with Crippen LogP contribution in [0.5, 0.6) is 11.5 Å². The quantitative estimate of drug-likeness (QED) is 0.768. The Labute approximate surface area is 114 Å². The van der Waals surface area contributed by atoms with Crippen LogP contribution in [0.2, 0.25) is 0 Å². The normalized spacial score (nSPS) is 10.9. The fraction of sp³-hybridized carbons (Fsp3) is 0.133. The molecule has 3 rings (SSSR count). The van der Waals surface area contributed by atoms with E-state index >= 15 is 0 Å². The molecular formula is C15H13NO4. The molecule has 0 aliphatic carbocycles. The number of aromatic amines is 1. The highest BCUT2D eigenvalue weighted by Gasteiger charge is 2.15.